The van der Waals surface area contributed by atoms with E-state index in [0.717, 1.165) is 51.4 Å². The Kier molecular flexibility index (Phi) is 37.9. The van der Waals surface area contributed by atoms with Crippen molar-refractivity contribution in [2.45, 2.75) is 206 Å². The molecule has 3 N–H and O–H groups in total. The quantitative estimate of drug-likeness (QED) is 0.0246. The van der Waals surface area contributed by atoms with Crippen molar-refractivity contribution < 1.29 is 32.9 Å². The molecule has 0 aromatic carbocycles. The van der Waals surface area contributed by atoms with Crippen LogP contribution < -0.4 is 5.32 Å². The lowest BCUT2D eigenvalue weighted by molar-refractivity contribution is -0.870. The van der Waals surface area contributed by atoms with Gasteiger partial charge in [-0.1, -0.05) is 178 Å². The molecule has 0 aromatic heterocycles. The first-order chi connectivity index (χ1) is 27.0. The Labute approximate surface area is 346 Å². The maximum atomic E-state index is 12.8. The number of unbranched alkanes of at least 4 members (excludes halogenated alkanes) is 22. The summed E-state index contributed by atoms with van der Waals surface area (Å²) in [6.07, 6.45) is 49.1. The van der Waals surface area contributed by atoms with Gasteiger partial charge in [-0.25, -0.2) is 4.57 Å². The van der Waals surface area contributed by atoms with Gasteiger partial charge in [0.15, 0.2) is 0 Å². The van der Waals surface area contributed by atoms with E-state index in [9.17, 15) is 19.4 Å². The number of quaternary nitrogens is 1. The number of aliphatic hydroxyl groups excluding tert-OH is 1. The van der Waals surface area contributed by atoms with Crippen LogP contribution in [0, 0.1) is 0 Å². The van der Waals surface area contributed by atoms with Crippen molar-refractivity contribution >= 4 is 13.7 Å². The van der Waals surface area contributed by atoms with Gasteiger partial charge in [0.05, 0.1) is 39.9 Å². The lowest BCUT2D eigenvalue weighted by Gasteiger charge is -2.25. The van der Waals surface area contributed by atoms with E-state index in [1.165, 1.54) is 122 Å². The zero-order valence-corrected chi connectivity index (χ0v) is 38.0. The van der Waals surface area contributed by atoms with Crippen LogP contribution in [0.25, 0.3) is 0 Å². The second-order valence-electron chi connectivity index (χ2n) is 16.8. The molecule has 0 heterocycles. The lowest BCUT2D eigenvalue weighted by Crippen LogP contribution is -2.45. The molecule has 3 atom stereocenters. The molecule has 0 saturated carbocycles. The molecule has 0 fully saturated rings. The zero-order valence-electron chi connectivity index (χ0n) is 37.1. The maximum absolute atomic E-state index is 12.8. The van der Waals surface area contributed by atoms with Crippen LogP contribution in [0.1, 0.15) is 194 Å². The fourth-order valence-electron chi connectivity index (χ4n) is 6.34. The van der Waals surface area contributed by atoms with E-state index >= 15 is 0 Å². The van der Waals surface area contributed by atoms with Crippen LogP contribution in [0.3, 0.4) is 0 Å². The summed E-state index contributed by atoms with van der Waals surface area (Å²) in [7, 11) is 1.56. The number of allylic oxidation sites excluding steroid dienone is 7. The molecule has 8 nitrogen and oxygen atoms in total. The molecule has 0 radical (unpaired) electrons. The third-order valence-electron chi connectivity index (χ3n) is 10.0. The topological polar surface area (TPSA) is 105 Å². The Morgan fingerprint density at radius 3 is 1.48 bits per heavy atom. The molecule has 0 spiro atoms. The fourth-order valence-corrected chi connectivity index (χ4v) is 7.08. The van der Waals surface area contributed by atoms with Crippen LogP contribution in [-0.4, -0.2) is 73.4 Å². The number of phosphoric ester groups is 1. The number of carbonyl (C=O) groups is 1. The van der Waals surface area contributed by atoms with Crippen molar-refractivity contribution in [2.75, 3.05) is 40.9 Å². The van der Waals surface area contributed by atoms with Crippen molar-refractivity contribution in [1.29, 1.82) is 0 Å². The molecule has 9 heteroatoms. The van der Waals surface area contributed by atoms with E-state index in [1.807, 2.05) is 27.2 Å². The molecule has 328 valence electrons. The zero-order chi connectivity index (χ0) is 41.4. The van der Waals surface area contributed by atoms with Gasteiger partial charge >= 0.3 is 7.82 Å². The van der Waals surface area contributed by atoms with Gasteiger partial charge in [0.25, 0.3) is 0 Å². The number of nitrogens with one attached hydrogen (secondary N) is 1. The monoisotopic (exact) mass is 810 g/mol. The number of rotatable bonds is 41. The SMILES string of the molecule is CCCCCCC/C=C\C/C=C\C/C=C\CCCCCCCCCCCCC(=O)NC(COP(=O)(O)OCC[N+](C)(C)C)C(O)/C=C/CCCCCCCCC. The summed E-state index contributed by atoms with van der Waals surface area (Å²) < 4.78 is 23.5. The second kappa shape index (κ2) is 38.9. The van der Waals surface area contributed by atoms with Crippen molar-refractivity contribution in [3.05, 3.63) is 48.6 Å². The van der Waals surface area contributed by atoms with E-state index in [2.05, 4.69) is 55.6 Å². The van der Waals surface area contributed by atoms with Gasteiger partial charge in [0.1, 0.15) is 13.2 Å². The van der Waals surface area contributed by atoms with Gasteiger partial charge in [-0.15, -0.1) is 0 Å². The molecule has 0 aliphatic rings. The van der Waals surface area contributed by atoms with Gasteiger partial charge < -0.3 is 19.8 Å². The molecule has 3 unspecified atom stereocenters. The van der Waals surface area contributed by atoms with Gasteiger partial charge in [-0.05, 0) is 57.8 Å². The molecular weight excluding hydrogens is 719 g/mol. The Morgan fingerprint density at radius 2 is 1.02 bits per heavy atom. The first-order valence-corrected chi connectivity index (χ1v) is 24.5. The van der Waals surface area contributed by atoms with Crippen molar-refractivity contribution in [3.63, 3.8) is 0 Å². The highest BCUT2D eigenvalue weighted by atomic mass is 31.2. The molecule has 0 bridgehead atoms. The number of carbonyl (C=O) groups excluding carboxylic acids is 1. The number of hydrogen-bond acceptors (Lipinski definition) is 5. The Bertz CT molecular complexity index is 1050. The Hall–Kier alpha value is -1.54. The highest BCUT2D eigenvalue weighted by Crippen LogP contribution is 2.43. The Morgan fingerprint density at radius 1 is 0.607 bits per heavy atom. The highest BCUT2D eigenvalue weighted by Gasteiger charge is 2.27. The second-order valence-corrected chi connectivity index (χ2v) is 18.2. The third kappa shape index (κ3) is 40.6. The van der Waals surface area contributed by atoms with Crippen molar-refractivity contribution in [1.82, 2.24) is 5.32 Å². The first kappa shape index (κ1) is 54.5. The van der Waals surface area contributed by atoms with Crippen LogP contribution in [0.2, 0.25) is 0 Å². The average Bonchev–Trinajstić information content (AvgIpc) is 3.15. The van der Waals surface area contributed by atoms with Gasteiger partial charge in [0.2, 0.25) is 5.91 Å². The predicted octanol–water partition coefficient (Wildman–Crippen LogP) is 12.9. The summed E-state index contributed by atoms with van der Waals surface area (Å²) in [6.45, 7) is 4.76. The minimum absolute atomic E-state index is 0.0591. The third-order valence-corrected chi connectivity index (χ3v) is 11.0. The smallest absolute Gasteiger partial charge is 0.387 e. The summed E-state index contributed by atoms with van der Waals surface area (Å²) in [5, 5.41) is 13.8. The highest BCUT2D eigenvalue weighted by molar-refractivity contribution is 7.47. The van der Waals surface area contributed by atoms with E-state index in [-0.39, 0.29) is 19.1 Å². The summed E-state index contributed by atoms with van der Waals surface area (Å²) in [5.41, 5.74) is 0. The number of amides is 1. The summed E-state index contributed by atoms with van der Waals surface area (Å²) >= 11 is 0. The van der Waals surface area contributed by atoms with Gasteiger partial charge in [-0.2, -0.15) is 0 Å². The van der Waals surface area contributed by atoms with E-state index < -0.39 is 20.0 Å². The van der Waals surface area contributed by atoms with Gasteiger partial charge in [0, 0.05) is 6.42 Å². The largest absolute Gasteiger partial charge is 0.472 e. The summed E-state index contributed by atoms with van der Waals surface area (Å²) in [5.74, 6) is -0.185. The molecule has 56 heavy (non-hydrogen) atoms. The van der Waals surface area contributed by atoms with Crippen LogP contribution in [0.5, 0.6) is 0 Å². The molecular formula is C47H90N2O6P+. The summed E-state index contributed by atoms with van der Waals surface area (Å²) in [6, 6.07) is -0.847. The fraction of sp³-hybridized carbons (Fsp3) is 0.809. The Balaban J connectivity index is 4.20. The molecule has 0 aliphatic heterocycles. The average molecular weight is 810 g/mol. The lowest BCUT2D eigenvalue weighted by atomic mass is 10.0. The standard InChI is InChI=1S/C47H89N2O6P/c1-6-8-10-12-14-16-17-18-19-20-21-22-23-24-25-26-27-28-29-30-31-33-35-37-39-41-47(51)48-45(44-55-56(52,53)54-43-42-49(3,4)5)46(50)40-38-36-34-32-15-13-11-9-7-2/h17-18,20-21,23-24,38,40,45-46,50H,6-16,19,22,25-37,39,41-44H2,1-5H3,(H-,48,51,52,53)/p+1/b18-17-,21-20-,24-23-,40-38+. The minimum Gasteiger partial charge on any atom is -0.387 e. The van der Waals surface area contributed by atoms with E-state index in [4.69, 9.17) is 9.05 Å². The van der Waals surface area contributed by atoms with Crippen LogP contribution in [-0.2, 0) is 18.4 Å². The predicted molar refractivity (Wildman–Crippen MR) is 240 cm³/mol. The van der Waals surface area contributed by atoms with Crippen LogP contribution in [0.4, 0.5) is 0 Å². The number of hydrogen-bond donors (Lipinski definition) is 3. The molecule has 0 aliphatic carbocycles. The number of nitrogens with zero attached hydrogens (tertiary/aromatic N) is 1. The molecule has 0 saturated heterocycles. The van der Waals surface area contributed by atoms with Crippen molar-refractivity contribution in [3.8, 4) is 0 Å². The molecule has 1 amide bonds. The maximum Gasteiger partial charge on any atom is 0.472 e. The van der Waals surface area contributed by atoms with Gasteiger partial charge in [-0.3, -0.25) is 13.8 Å². The number of aliphatic hydroxyl groups is 1. The van der Waals surface area contributed by atoms with Crippen molar-refractivity contribution in [2.24, 2.45) is 0 Å². The first-order valence-electron chi connectivity index (χ1n) is 23.0. The molecule has 0 aromatic rings. The van der Waals surface area contributed by atoms with E-state index in [0.29, 0.717) is 17.4 Å². The van der Waals surface area contributed by atoms with Crippen LogP contribution >= 0.6 is 7.82 Å². The normalized spacial score (nSPS) is 14.8. The van der Waals surface area contributed by atoms with Crippen LogP contribution in [0.15, 0.2) is 48.6 Å². The molecule has 0 rings (SSSR count). The summed E-state index contributed by atoms with van der Waals surface area (Å²) in [4.78, 5) is 23.1. The number of likely N-dealkylation sites (N-methyl/N-ethyl adjacent to an activating group) is 1. The minimum atomic E-state index is -4.33. The van der Waals surface area contributed by atoms with E-state index in [1.54, 1.807) is 6.08 Å². The number of phosphoric acid groups is 1.